The Hall–Kier alpha value is -0.200. The molecule has 0 nitrogen and oxygen atoms in total. The van der Waals surface area contributed by atoms with Crippen molar-refractivity contribution < 1.29 is 0 Å². The molecule has 0 aromatic heterocycles. The quantitative estimate of drug-likeness (QED) is 0.467. The van der Waals surface area contributed by atoms with Gasteiger partial charge >= 0.3 is 0 Å². The fourth-order valence-electron chi connectivity index (χ4n) is 0.544. The molecule has 0 bridgehead atoms. The SMILES string of the molecule is C=C/C(CCl)=C(Cl)/C=C\CC. The molecule has 0 saturated heterocycles. The summed E-state index contributed by atoms with van der Waals surface area (Å²) in [4.78, 5) is 0. The highest BCUT2D eigenvalue weighted by atomic mass is 35.5. The van der Waals surface area contributed by atoms with Crippen molar-refractivity contribution in [3.8, 4) is 0 Å². The van der Waals surface area contributed by atoms with Crippen LogP contribution in [0.4, 0.5) is 0 Å². The number of hydrogen-bond acceptors (Lipinski definition) is 0. The van der Waals surface area contributed by atoms with E-state index in [0.717, 1.165) is 12.0 Å². The van der Waals surface area contributed by atoms with Gasteiger partial charge in [0.2, 0.25) is 0 Å². The van der Waals surface area contributed by atoms with Crippen molar-refractivity contribution in [2.75, 3.05) is 5.88 Å². The predicted octanol–water partition coefficient (Wildman–Crippen LogP) is 3.87. The van der Waals surface area contributed by atoms with Gasteiger partial charge in [-0.25, -0.2) is 0 Å². The Morgan fingerprint density at radius 3 is 2.55 bits per heavy atom. The van der Waals surface area contributed by atoms with Gasteiger partial charge in [-0.05, 0) is 18.1 Å². The van der Waals surface area contributed by atoms with Gasteiger partial charge in [-0.2, -0.15) is 0 Å². The molecule has 0 saturated carbocycles. The van der Waals surface area contributed by atoms with E-state index in [0.29, 0.717) is 10.9 Å². The van der Waals surface area contributed by atoms with Crippen molar-refractivity contribution in [3.63, 3.8) is 0 Å². The van der Waals surface area contributed by atoms with Crippen molar-refractivity contribution in [1.29, 1.82) is 0 Å². The smallest absolute Gasteiger partial charge is 0.0488 e. The van der Waals surface area contributed by atoms with E-state index >= 15 is 0 Å². The molecule has 0 radical (unpaired) electrons. The monoisotopic (exact) mass is 190 g/mol. The van der Waals surface area contributed by atoms with Gasteiger partial charge in [0.05, 0.1) is 0 Å². The summed E-state index contributed by atoms with van der Waals surface area (Å²) in [6.45, 7) is 5.65. The Kier molecular flexibility index (Phi) is 6.39. The zero-order valence-corrected chi connectivity index (χ0v) is 8.12. The summed E-state index contributed by atoms with van der Waals surface area (Å²) in [7, 11) is 0. The summed E-state index contributed by atoms with van der Waals surface area (Å²) in [5.74, 6) is 0.413. The topological polar surface area (TPSA) is 0 Å². The van der Waals surface area contributed by atoms with Crippen molar-refractivity contribution in [2.24, 2.45) is 0 Å². The van der Waals surface area contributed by atoms with Crippen LogP contribution < -0.4 is 0 Å². The van der Waals surface area contributed by atoms with Gasteiger partial charge in [-0.15, -0.1) is 11.6 Å². The van der Waals surface area contributed by atoms with Gasteiger partial charge in [0.1, 0.15) is 0 Å². The minimum Gasteiger partial charge on any atom is -0.121 e. The first kappa shape index (κ1) is 10.8. The highest BCUT2D eigenvalue weighted by molar-refractivity contribution is 6.32. The Labute approximate surface area is 78.2 Å². The van der Waals surface area contributed by atoms with Crippen LogP contribution in [-0.2, 0) is 0 Å². The van der Waals surface area contributed by atoms with Crippen LogP contribution in [0.2, 0.25) is 0 Å². The molecule has 0 aliphatic carbocycles. The third-order valence-corrected chi connectivity index (χ3v) is 1.85. The molecular weight excluding hydrogens is 179 g/mol. The van der Waals surface area contributed by atoms with E-state index in [1.54, 1.807) is 6.08 Å². The minimum atomic E-state index is 0.413. The summed E-state index contributed by atoms with van der Waals surface area (Å²) in [5.41, 5.74) is 0.873. The van der Waals surface area contributed by atoms with Crippen LogP contribution in [0.15, 0.2) is 35.4 Å². The van der Waals surface area contributed by atoms with Crippen LogP contribution in [0.5, 0.6) is 0 Å². The van der Waals surface area contributed by atoms with Crippen LogP contribution in [0.25, 0.3) is 0 Å². The molecule has 0 amide bonds. The van der Waals surface area contributed by atoms with Gasteiger partial charge in [0.15, 0.2) is 0 Å². The van der Waals surface area contributed by atoms with E-state index in [1.807, 2.05) is 12.2 Å². The molecule has 11 heavy (non-hydrogen) atoms. The Balaban J connectivity index is 4.34. The molecular formula is C9H12Cl2. The highest BCUT2D eigenvalue weighted by Crippen LogP contribution is 2.13. The average molecular weight is 191 g/mol. The van der Waals surface area contributed by atoms with Crippen LogP contribution in [0, 0.1) is 0 Å². The second kappa shape index (κ2) is 6.51. The molecule has 0 aromatic rings. The van der Waals surface area contributed by atoms with E-state index in [-0.39, 0.29) is 0 Å². The first-order chi connectivity index (χ1) is 5.26. The molecule has 0 aliphatic rings. The summed E-state index contributed by atoms with van der Waals surface area (Å²) >= 11 is 11.5. The number of rotatable bonds is 4. The van der Waals surface area contributed by atoms with E-state index in [2.05, 4.69) is 13.5 Å². The van der Waals surface area contributed by atoms with Crippen LogP contribution in [0.3, 0.4) is 0 Å². The first-order valence-corrected chi connectivity index (χ1v) is 4.41. The first-order valence-electron chi connectivity index (χ1n) is 3.49. The van der Waals surface area contributed by atoms with Crippen molar-refractivity contribution in [3.05, 3.63) is 35.4 Å². The fraction of sp³-hybridized carbons (Fsp3) is 0.333. The zero-order valence-electron chi connectivity index (χ0n) is 6.61. The molecule has 0 fully saturated rings. The molecule has 0 atom stereocenters. The largest absolute Gasteiger partial charge is 0.121 e. The van der Waals surface area contributed by atoms with Crippen LogP contribution in [-0.4, -0.2) is 5.88 Å². The Morgan fingerprint density at radius 1 is 1.55 bits per heavy atom. The Morgan fingerprint density at radius 2 is 2.18 bits per heavy atom. The van der Waals surface area contributed by atoms with Crippen LogP contribution >= 0.6 is 23.2 Å². The molecule has 2 heteroatoms. The number of allylic oxidation sites excluding steroid dienone is 5. The van der Waals surface area contributed by atoms with E-state index < -0.39 is 0 Å². The van der Waals surface area contributed by atoms with Gasteiger partial charge in [-0.1, -0.05) is 37.3 Å². The predicted molar refractivity (Wildman–Crippen MR) is 53.2 cm³/mol. The maximum atomic E-state index is 5.86. The van der Waals surface area contributed by atoms with Crippen molar-refractivity contribution in [2.45, 2.75) is 13.3 Å². The summed E-state index contributed by atoms with van der Waals surface area (Å²) < 4.78 is 0. The van der Waals surface area contributed by atoms with Gasteiger partial charge < -0.3 is 0 Å². The average Bonchev–Trinajstić information content (AvgIpc) is 2.03. The third kappa shape index (κ3) is 4.28. The van der Waals surface area contributed by atoms with Gasteiger partial charge in [-0.3, -0.25) is 0 Å². The summed E-state index contributed by atoms with van der Waals surface area (Å²) in [6.07, 6.45) is 6.48. The van der Waals surface area contributed by atoms with E-state index in [9.17, 15) is 0 Å². The maximum Gasteiger partial charge on any atom is 0.0488 e. The minimum absolute atomic E-state index is 0.413. The van der Waals surface area contributed by atoms with E-state index in [1.165, 1.54) is 0 Å². The number of alkyl halides is 1. The Bertz CT molecular complexity index is 178. The normalized spacial score (nSPS) is 13.4. The molecule has 0 spiro atoms. The molecule has 0 unspecified atom stereocenters. The fourth-order valence-corrected chi connectivity index (χ4v) is 1.10. The standard InChI is InChI=1S/C9H12Cl2/c1-3-5-6-9(11)8(4-2)7-10/h4-6H,2-3,7H2,1H3/b6-5-,9-8+. The lowest BCUT2D eigenvalue weighted by Gasteiger charge is -1.95. The van der Waals surface area contributed by atoms with Crippen molar-refractivity contribution in [1.82, 2.24) is 0 Å². The summed E-state index contributed by atoms with van der Waals surface area (Å²) in [5, 5.41) is 0.678. The second-order valence-electron chi connectivity index (χ2n) is 2.02. The number of hydrogen-bond donors (Lipinski definition) is 0. The zero-order chi connectivity index (χ0) is 8.69. The lowest BCUT2D eigenvalue weighted by Crippen LogP contribution is -1.80. The highest BCUT2D eigenvalue weighted by Gasteiger charge is 1.93. The molecule has 0 rings (SSSR count). The summed E-state index contributed by atoms with van der Waals surface area (Å²) in [6, 6.07) is 0. The van der Waals surface area contributed by atoms with Crippen molar-refractivity contribution >= 4 is 23.2 Å². The maximum absolute atomic E-state index is 5.86. The van der Waals surface area contributed by atoms with Gasteiger partial charge in [0.25, 0.3) is 0 Å². The molecule has 0 aromatic carbocycles. The molecule has 0 aliphatic heterocycles. The van der Waals surface area contributed by atoms with Gasteiger partial charge in [0, 0.05) is 10.9 Å². The molecule has 0 N–H and O–H groups in total. The van der Waals surface area contributed by atoms with E-state index in [4.69, 9.17) is 23.2 Å². The molecule has 0 heterocycles. The lowest BCUT2D eigenvalue weighted by atomic mass is 10.2. The molecule has 62 valence electrons. The third-order valence-electron chi connectivity index (χ3n) is 1.20. The number of halogens is 2. The lowest BCUT2D eigenvalue weighted by molar-refractivity contribution is 1.22. The van der Waals surface area contributed by atoms with Crippen LogP contribution in [0.1, 0.15) is 13.3 Å². The second-order valence-corrected chi connectivity index (χ2v) is 2.70.